The van der Waals surface area contributed by atoms with Crippen LogP contribution in [0.1, 0.15) is 32.6 Å². The van der Waals surface area contributed by atoms with Crippen LogP contribution in [-0.2, 0) is 0 Å². The molecule has 1 radical (unpaired) electrons. The van der Waals surface area contributed by atoms with Gasteiger partial charge in [0.2, 0.25) is 0 Å². The van der Waals surface area contributed by atoms with E-state index in [0.717, 1.165) is 12.8 Å². The number of rotatable bonds is 5. The molecule has 0 aliphatic rings. The second-order valence-corrected chi connectivity index (χ2v) is 3.61. The number of hydrogen-bond acceptors (Lipinski definition) is 0. The number of hydrogen-bond donors (Lipinski definition) is 0. The third-order valence-corrected chi connectivity index (χ3v) is 1.84. The number of halogens is 2. The molecule has 9 heavy (non-hydrogen) atoms. The lowest BCUT2D eigenvalue weighted by molar-refractivity contribution is 0.676. The smallest absolute Gasteiger partial charge is 0.0307 e. The first kappa shape index (κ1) is 9.77. The summed E-state index contributed by atoms with van der Waals surface area (Å²) in [5, 5.41) is 2.37. The Morgan fingerprint density at radius 3 is 2.67 bits per heavy atom. The van der Waals surface area contributed by atoms with E-state index in [1.165, 1.54) is 12.8 Å². The molecule has 1 atom stereocenters. The van der Waals surface area contributed by atoms with Crippen LogP contribution in [0, 0.1) is 5.33 Å². The maximum Gasteiger partial charge on any atom is 0.0307 e. The zero-order valence-electron chi connectivity index (χ0n) is 5.74. The standard InChI is InChI=1S/C7H13BrCl/c1-7(9)5-3-2-4-6-8/h6-7H,2-5H2,1H3. The number of alkyl halides is 1. The molecule has 55 valence electrons. The maximum atomic E-state index is 5.73. The van der Waals surface area contributed by atoms with Gasteiger partial charge in [0.1, 0.15) is 0 Å². The van der Waals surface area contributed by atoms with Crippen LogP contribution < -0.4 is 0 Å². The Labute approximate surface area is 71.1 Å². The van der Waals surface area contributed by atoms with Crippen molar-refractivity contribution in [3.63, 3.8) is 0 Å². The predicted molar refractivity (Wildman–Crippen MR) is 47.0 cm³/mol. The van der Waals surface area contributed by atoms with Gasteiger partial charge in [-0.2, -0.15) is 0 Å². The van der Waals surface area contributed by atoms with E-state index in [1.807, 2.05) is 12.3 Å². The van der Waals surface area contributed by atoms with Gasteiger partial charge < -0.3 is 0 Å². The Bertz CT molecular complexity index is 54.9. The topological polar surface area (TPSA) is 0 Å². The van der Waals surface area contributed by atoms with Gasteiger partial charge in [-0.25, -0.2) is 0 Å². The molecule has 0 saturated heterocycles. The lowest BCUT2D eigenvalue weighted by Crippen LogP contribution is -1.89. The van der Waals surface area contributed by atoms with E-state index in [-0.39, 0.29) is 0 Å². The molecule has 0 fully saturated rings. The van der Waals surface area contributed by atoms with Crippen molar-refractivity contribution in [2.75, 3.05) is 0 Å². The van der Waals surface area contributed by atoms with Crippen LogP contribution in [0.5, 0.6) is 0 Å². The molecular formula is C7H13BrCl. The Kier molecular flexibility index (Phi) is 7.47. The number of unbranched alkanes of at least 4 members (excludes halogenated alkanes) is 2. The molecule has 0 rings (SSSR count). The van der Waals surface area contributed by atoms with Crippen molar-refractivity contribution in [2.24, 2.45) is 0 Å². The minimum absolute atomic E-state index is 0.348. The summed E-state index contributed by atoms with van der Waals surface area (Å²) in [5.74, 6) is 0. The monoisotopic (exact) mass is 211 g/mol. The Morgan fingerprint density at radius 1 is 1.56 bits per heavy atom. The first-order chi connectivity index (χ1) is 4.27. The summed E-state index contributed by atoms with van der Waals surface area (Å²) < 4.78 is 0. The lowest BCUT2D eigenvalue weighted by atomic mass is 10.2. The molecule has 1 unspecified atom stereocenters. The Morgan fingerprint density at radius 2 is 2.22 bits per heavy atom. The van der Waals surface area contributed by atoms with Gasteiger partial charge in [-0.15, -0.1) is 11.6 Å². The predicted octanol–water partition coefficient (Wildman–Crippen LogP) is 3.73. The average molecular weight is 213 g/mol. The van der Waals surface area contributed by atoms with Gasteiger partial charge in [0.25, 0.3) is 0 Å². The normalized spacial score (nSPS) is 13.7. The summed E-state index contributed by atoms with van der Waals surface area (Å²) in [5.41, 5.74) is 0. The second-order valence-electron chi connectivity index (χ2n) is 2.22. The van der Waals surface area contributed by atoms with E-state index in [1.54, 1.807) is 0 Å². The molecule has 0 aromatic heterocycles. The minimum atomic E-state index is 0.348. The highest BCUT2D eigenvalue weighted by Crippen LogP contribution is 2.10. The van der Waals surface area contributed by atoms with Crippen LogP contribution in [0.15, 0.2) is 0 Å². The van der Waals surface area contributed by atoms with Crippen molar-refractivity contribution in [3.05, 3.63) is 5.33 Å². The molecule has 0 aromatic rings. The van der Waals surface area contributed by atoms with E-state index < -0.39 is 0 Å². The van der Waals surface area contributed by atoms with Crippen molar-refractivity contribution in [3.8, 4) is 0 Å². The summed E-state index contributed by atoms with van der Waals surface area (Å²) in [6, 6.07) is 0. The van der Waals surface area contributed by atoms with E-state index in [0.29, 0.717) is 5.38 Å². The van der Waals surface area contributed by atoms with E-state index in [9.17, 15) is 0 Å². The van der Waals surface area contributed by atoms with Crippen molar-refractivity contribution in [1.29, 1.82) is 0 Å². The van der Waals surface area contributed by atoms with Crippen molar-refractivity contribution in [2.45, 2.75) is 38.0 Å². The molecule has 0 saturated carbocycles. The molecule has 0 N–H and O–H groups in total. The SMILES string of the molecule is CC(Cl)CCCC[CH]Br. The summed E-state index contributed by atoms with van der Waals surface area (Å²) >= 11 is 8.99. The summed E-state index contributed by atoms with van der Waals surface area (Å²) in [6.07, 6.45) is 4.79. The molecule has 0 aliphatic carbocycles. The maximum absolute atomic E-state index is 5.73. The minimum Gasteiger partial charge on any atom is -0.123 e. The van der Waals surface area contributed by atoms with E-state index in [4.69, 9.17) is 11.6 Å². The fourth-order valence-corrected chi connectivity index (χ4v) is 1.13. The molecule has 0 aliphatic heterocycles. The van der Waals surface area contributed by atoms with Gasteiger partial charge in [0.05, 0.1) is 0 Å². The van der Waals surface area contributed by atoms with Crippen molar-refractivity contribution < 1.29 is 0 Å². The van der Waals surface area contributed by atoms with Crippen LogP contribution in [0.3, 0.4) is 0 Å². The van der Waals surface area contributed by atoms with E-state index >= 15 is 0 Å². The zero-order valence-corrected chi connectivity index (χ0v) is 8.08. The molecular weight excluding hydrogens is 199 g/mol. The van der Waals surface area contributed by atoms with Crippen molar-refractivity contribution in [1.82, 2.24) is 0 Å². The summed E-state index contributed by atoms with van der Waals surface area (Å²) in [7, 11) is 0. The quantitative estimate of drug-likeness (QED) is 0.481. The molecule has 2 heteroatoms. The van der Waals surface area contributed by atoms with Crippen LogP contribution >= 0.6 is 27.5 Å². The zero-order chi connectivity index (χ0) is 7.11. The molecule has 0 nitrogen and oxygen atoms in total. The summed E-state index contributed by atoms with van der Waals surface area (Å²) in [4.78, 5) is 0. The lowest BCUT2D eigenvalue weighted by Gasteiger charge is -1.99. The largest absolute Gasteiger partial charge is 0.123 e. The highest BCUT2D eigenvalue weighted by molar-refractivity contribution is 9.10. The highest BCUT2D eigenvalue weighted by atomic mass is 79.9. The molecule has 0 amide bonds. The Balaban J connectivity index is 2.75. The average Bonchev–Trinajstić information content (AvgIpc) is 1.80. The third kappa shape index (κ3) is 8.77. The first-order valence-corrected chi connectivity index (χ1v) is 4.68. The van der Waals surface area contributed by atoms with Gasteiger partial charge in [-0.1, -0.05) is 28.8 Å². The fraction of sp³-hybridized carbons (Fsp3) is 0.857. The van der Waals surface area contributed by atoms with Crippen LogP contribution in [0.2, 0.25) is 0 Å². The van der Waals surface area contributed by atoms with Gasteiger partial charge in [0, 0.05) is 10.7 Å². The molecule has 0 aromatic carbocycles. The second kappa shape index (κ2) is 6.88. The molecule has 0 spiro atoms. The van der Waals surface area contributed by atoms with Crippen LogP contribution in [-0.4, -0.2) is 5.38 Å². The molecule has 0 bridgehead atoms. The fourth-order valence-electron chi connectivity index (χ4n) is 0.647. The van der Waals surface area contributed by atoms with Crippen LogP contribution in [0.25, 0.3) is 0 Å². The van der Waals surface area contributed by atoms with Gasteiger partial charge >= 0.3 is 0 Å². The van der Waals surface area contributed by atoms with Gasteiger partial charge in [0.15, 0.2) is 0 Å². The highest BCUT2D eigenvalue weighted by Gasteiger charge is 1.94. The molecule has 0 heterocycles. The summed E-state index contributed by atoms with van der Waals surface area (Å²) in [6.45, 7) is 2.04. The van der Waals surface area contributed by atoms with Crippen LogP contribution in [0.4, 0.5) is 0 Å². The van der Waals surface area contributed by atoms with Crippen molar-refractivity contribution >= 4 is 27.5 Å². The first-order valence-electron chi connectivity index (χ1n) is 3.33. The van der Waals surface area contributed by atoms with Gasteiger partial charge in [-0.3, -0.25) is 0 Å². The van der Waals surface area contributed by atoms with Gasteiger partial charge in [-0.05, 0) is 19.8 Å². The Hall–Kier alpha value is 0.770. The third-order valence-electron chi connectivity index (χ3n) is 1.17. The van der Waals surface area contributed by atoms with E-state index in [2.05, 4.69) is 15.9 Å².